The summed E-state index contributed by atoms with van der Waals surface area (Å²) in [5.41, 5.74) is 5.52. The lowest BCUT2D eigenvalue weighted by atomic mass is 10.1. The number of rotatable bonds is 4. The quantitative estimate of drug-likeness (QED) is 0.438. The van der Waals surface area contributed by atoms with Gasteiger partial charge in [0.15, 0.2) is 0 Å². The predicted octanol–water partition coefficient (Wildman–Crippen LogP) is 5.66. The Bertz CT molecular complexity index is 1010. The second kappa shape index (κ2) is 6.94. The van der Waals surface area contributed by atoms with Gasteiger partial charge in [-0.3, -0.25) is 0 Å². The number of aryl methyl sites for hydroxylation is 2. The molecule has 5 heteroatoms. The Morgan fingerprint density at radius 1 is 0.920 bits per heavy atom. The van der Waals surface area contributed by atoms with Crippen LogP contribution < -0.4 is 0 Å². The highest BCUT2D eigenvalue weighted by atomic mass is 32.2. The van der Waals surface area contributed by atoms with E-state index in [4.69, 9.17) is 4.98 Å². The van der Waals surface area contributed by atoms with Crippen molar-refractivity contribution in [1.29, 1.82) is 0 Å². The Morgan fingerprint density at radius 2 is 1.68 bits per heavy atom. The Morgan fingerprint density at radius 3 is 2.44 bits per heavy atom. The first-order chi connectivity index (χ1) is 12.2. The molecule has 124 valence electrons. The maximum absolute atomic E-state index is 4.72. The maximum Gasteiger partial charge on any atom is 0.146 e. The molecule has 2 aromatic heterocycles. The molecule has 0 aliphatic heterocycles. The van der Waals surface area contributed by atoms with Gasteiger partial charge in [0.05, 0.1) is 9.71 Å². The molecular weight excluding hydrogens is 346 g/mol. The number of nitrogens with zero attached hydrogens (tertiary/aromatic N) is 3. The summed E-state index contributed by atoms with van der Waals surface area (Å²) in [5, 5.41) is 10.9. The van der Waals surface area contributed by atoms with Crippen molar-refractivity contribution in [2.75, 3.05) is 0 Å². The van der Waals surface area contributed by atoms with Crippen LogP contribution in [-0.4, -0.2) is 15.2 Å². The van der Waals surface area contributed by atoms with Crippen LogP contribution in [-0.2, 0) is 5.75 Å². The van der Waals surface area contributed by atoms with Crippen molar-refractivity contribution in [3.8, 4) is 11.3 Å². The van der Waals surface area contributed by atoms with Gasteiger partial charge in [0, 0.05) is 11.3 Å². The molecule has 4 aromatic rings. The van der Waals surface area contributed by atoms with E-state index in [0.29, 0.717) is 0 Å². The molecule has 25 heavy (non-hydrogen) atoms. The zero-order valence-electron chi connectivity index (χ0n) is 14.1. The van der Waals surface area contributed by atoms with Crippen molar-refractivity contribution in [3.05, 3.63) is 70.7 Å². The lowest BCUT2D eigenvalue weighted by molar-refractivity contribution is 0.955. The molecule has 0 radical (unpaired) electrons. The summed E-state index contributed by atoms with van der Waals surface area (Å²) in [6, 6.07) is 18.8. The van der Waals surface area contributed by atoms with Crippen molar-refractivity contribution in [3.63, 3.8) is 0 Å². The SMILES string of the molecule is Cc1ccc(CSc2nnc(-c3ccccc3)c3sc(C)nc23)cc1. The Kier molecular flexibility index (Phi) is 4.51. The summed E-state index contributed by atoms with van der Waals surface area (Å²) in [6.45, 7) is 4.14. The molecule has 0 amide bonds. The van der Waals surface area contributed by atoms with Gasteiger partial charge in [0.1, 0.15) is 16.2 Å². The average molecular weight is 364 g/mol. The lowest BCUT2D eigenvalue weighted by Gasteiger charge is -2.05. The van der Waals surface area contributed by atoms with Crippen LogP contribution in [0.3, 0.4) is 0 Å². The predicted molar refractivity (Wildman–Crippen MR) is 106 cm³/mol. The van der Waals surface area contributed by atoms with Crippen molar-refractivity contribution in [2.24, 2.45) is 0 Å². The number of thiazole rings is 1. The van der Waals surface area contributed by atoms with Crippen molar-refractivity contribution in [1.82, 2.24) is 15.2 Å². The molecule has 0 saturated heterocycles. The van der Waals surface area contributed by atoms with Crippen molar-refractivity contribution in [2.45, 2.75) is 24.6 Å². The van der Waals surface area contributed by atoms with Gasteiger partial charge in [-0.05, 0) is 19.4 Å². The third kappa shape index (κ3) is 3.43. The molecule has 2 aromatic carbocycles. The maximum atomic E-state index is 4.72. The smallest absolute Gasteiger partial charge is 0.146 e. The van der Waals surface area contributed by atoms with E-state index < -0.39 is 0 Å². The van der Waals surface area contributed by atoms with E-state index >= 15 is 0 Å². The second-order valence-corrected chi connectivity index (χ2v) is 8.07. The minimum atomic E-state index is 0.866. The average Bonchev–Trinajstić information content (AvgIpc) is 3.03. The van der Waals surface area contributed by atoms with Gasteiger partial charge in [-0.15, -0.1) is 21.5 Å². The molecule has 0 N–H and O–H groups in total. The molecule has 0 bridgehead atoms. The molecule has 3 nitrogen and oxygen atoms in total. The fourth-order valence-corrected chi connectivity index (χ4v) is 4.51. The number of aromatic nitrogens is 3. The highest BCUT2D eigenvalue weighted by molar-refractivity contribution is 7.98. The molecular formula is C20H17N3S2. The van der Waals surface area contributed by atoms with Gasteiger partial charge >= 0.3 is 0 Å². The Hall–Kier alpha value is -2.24. The van der Waals surface area contributed by atoms with E-state index in [1.54, 1.807) is 23.1 Å². The van der Waals surface area contributed by atoms with Crippen LogP contribution in [0.1, 0.15) is 16.1 Å². The molecule has 0 atom stereocenters. The highest BCUT2D eigenvalue weighted by Crippen LogP contribution is 2.36. The molecule has 0 aliphatic carbocycles. The van der Waals surface area contributed by atoms with Gasteiger partial charge in [0.25, 0.3) is 0 Å². The van der Waals surface area contributed by atoms with Crippen LogP contribution >= 0.6 is 23.1 Å². The molecule has 4 rings (SSSR count). The van der Waals surface area contributed by atoms with Crippen LogP contribution in [0.25, 0.3) is 21.5 Å². The first-order valence-electron chi connectivity index (χ1n) is 8.08. The van der Waals surface area contributed by atoms with Crippen LogP contribution in [0.4, 0.5) is 0 Å². The molecule has 0 spiro atoms. The van der Waals surface area contributed by atoms with Crippen LogP contribution in [0.15, 0.2) is 59.6 Å². The number of hydrogen-bond acceptors (Lipinski definition) is 5. The topological polar surface area (TPSA) is 38.7 Å². The monoisotopic (exact) mass is 363 g/mol. The second-order valence-electron chi connectivity index (χ2n) is 5.90. The molecule has 0 aliphatic rings. The third-order valence-electron chi connectivity index (χ3n) is 3.94. The van der Waals surface area contributed by atoms with E-state index in [0.717, 1.165) is 37.3 Å². The zero-order valence-corrected chi connectivity index (χ0v) is 15.7. The number of hydrogen-bond donors (Lipinski definition) is 0. The van der Waals surface area contributed by atoms with E-state index in [2.05, 4.69) is 53.5 Å². The summed E-state index contributed by atoms with van der Waals surface area (Å²) in [6.07, 6.45) is 0. The van der Waals surface area contributed by atoms with Crippen LogP contribution in [0.5, 0.6) is 0 Å². The minimum absolute atomic E-state index is 0.866. The highest BCUT2D eigenvalue weighted by Gasteiger charge is 2.15. The lowest BCUT2D eigenvalue weighted by Crippen LogP contribution is -1.93. The standard InChI is InChI=1S/C20H17N3S2/c1-13-8-10-15(11-9-13)12-24-20-18-19(25-14(2)21-18)17(22-23-20)16-6-4-3-5-7-16/h3-11H,12H2,1-2H3. The summed E-state index contributed by atoms with van der Waals surface area (Å²) in [5.74, 6) is 0.866. The summed E-state index contributed by atoms with van der Waals surface area (Å²) >= 11 is 3.38. The van der Waals surface area contributed by atoms with E-state index in [1.165, 1.54) is 11.1 Å². The molecule has 0 fully saturated rings. The van der Waals surface area contributed by atoms with Gasteiger partial charge in [-0.2, -0.15) is 0 Å². The van der Waals surface area contributed by atoms with E-state index in [9.17, 15) is 0 Å². The van der Waals surface area contributed by atoms with Crippen molar-refractivity contribution < 1.29 is 0 Å². The van der Waals surface area contributed by atoms with Gasteiger partial charge in [-0.25, -0.2) is 4.98 Å². The molecule has 0 unspecified atom stereocenters. The zero-order chi connectivity index (χ0) is 17.2. The first kappa shape index (κ1) is 16.2. The normalized spacial score (nSPS) is 11.1. The summed E-state index contributed by atoms with van der Waals surface area (Å²) in [4.78, 5) is 4.72. The van der Waals surface area contributed by atoms with Gasteiger partial charge in [-0.1, -0.05) is 71.9 Å². The molecule has 0 saturated carbocycles. The fraction of sp³-hybridized carbons (Fsp3) is 0.150. The van der Waals surface area contributed by atoms with E-state index in [1.807, 2.05) is 25.1 Å². The fourth-order valence-electron chi connectivity index (χ4n) is 2.64. The number of thioether (sulfide) groups is 1. The largest absolute Gasteiger partial charge is 0.238 e. The van der Waals surface area contributed by atoms with Crippen LogP contribution in [0, 0.1) is 13.8 Å². The Balaban J connectivity index is 1.70. The minimum Gasteiger partial charge on any atom is -0.238 e. The van der Waals surface area contributed by atoms with Gasteiger partial charge < -0.3 is 0 Å². The van der Waals surface area contributed by atoms with Crippen molar-refractivity contribution >= 4 is 33.3 Å². The Labute approximate surface area is 155 Å². The first-order valence-corrected chi connectivity index (χ1v) is 9.88. The number of benzene rings is 2. The molecule has 2 heterocycles. The summed E-state index contributed by atoms with van der Waals surface area (Å²) in [7, 11) is 0. The van der Waals surface area contributed by atoms with Crippen LogP contribution in [0.2, 0.25) is 0 Å². The number of fused-ring (bicyclic) bond motifs is 1. The third-order valence-corrected chi connectivity index (χ3v) is 5.94. The van der Waals surface area contributed by atoms with E-state index in [-0.39, 0.29) is 0 Å². The van der Waals surface area contributed by atoms with Gasteiger partial charge in [0.2, 0.25) is 0 Å². The summed E-state index contributed by atoms with van der Waals surface area (Å²) < 4.78 is 1.12.